The number of carbonyl (C=O) groups excluding carboxylic acids is 2. The fourth-order valence-electron chi connectivity index (χ4n) is 4.18. The molecule has 0 spiro atoms. The van der Waals surface area contributed by atoms with Crippen molar-refractivity contribution in [3.63, 3.8) is 0 Å². The van der Waals surface area contributed by atoms with Crippen molar-refractivity contribution in [1.82, 2.24) is 4.90 Å². The molecule has 1 fully saturated rings. The van der Waals surface area contributed by atoms with E-state index in [0.29, 0.717) is 25.4 Å². The van der Waals surface area contributed by atoms with Gasteiger partial charge in [0.2, 0.25) is 0 Å². The van der Waals surface area contributed by atoms with E-state index in [1.807, 2.05) is 20.8 Å². The minimum absolute atomic E-state index is 0.107. The summed E-state index contributed by atoms with van der Waals surface area (Å²) in [6.07, 6.45) is 23.8. The smallest absolute Gasteiger partial charge is 0.410 e. The molecule has 1 rings (SSSR count). The second-order valence-electron chi connectivity index (χ2n) is 11.3. The Labute approximate surface area is 225 Å². The van der Waals surface area contributed by atoms with Gasteiger partial charge in [0.1, 0.15) is 5.60 Å². The average Bonchev–Trinajstić information content (AvgIpc) is 2.77. The lowest BCUT2D eigenvalue weighted by Crippen LogP contribution is -2.62. The summed E-state index contributed by atoms with van der Waals surface area (Å²) in [5.74, 6) is 0.686. The lowest BCUT2D eigenvalue weighted by Gasteiger charge is -2.49. The molecule has 0 atom stereocenters. The van der Waals surface area contributed by atoms with Gasteiger partial charge in [-0.05, 0) is 59.3 Å². The van der Waals surface area contributed by atoms with Crippen LogP contribution in [-0.2, 0) is 14.3 Å². The Morgan fingerprint density at radius 2 is 1.47 bits per heavy atom. The molecule has 0 N–H and O–H groups in total. The van der Waals surface area contributed by atoms with Crippen molar-refractivity contribution in [2.75, 3.05) is 32.1 Å². The van der Waals surface area contributed by atoms with Crippen LogP contribution in [0.4, 0.5) is 4.79 Å². The number of amides is 1. The third-order valence-corrected chi connectivity index (χ3v) is 7.35. The van der Waals surface area contributed by atoms with Crippen LogP contribution in [-0.4, -0.2) is 53.8 Å². The summed E-state index contributed by atoms with van der Waals surface area (Å²) in [7, 11) is 0. The second kappa shape index (κ2) is 18.9. The molecule has 0 aromatic heterocycles. The molecule has 1 amide bonds. The van der Waals surface area contributed by atoms with Crippen LogP contribution in [0.15, 0.2) is 24.3 Å². The number of carbonyl (C=O) groups is 2. The number of rotatable bonds is 19. The van der Waals surface area contributed by atoms with Crippen molar-refractivity contribution in [3.8, 4) is 0 Å². The maximum absolute atomic E-state index is 12.3. The van der Waals surface area contributed by atoms with E-state index in [2.05, 4.69) is 31.2 Å². The first kappa shape index (κ1) is 32.8. The third-order valence-electron chi connectivity index (χ3n) is 6.18. The van der Waals surface area contributed by atoms with Crippen LogP contribution >= 0.6 is 11.8 Å². The highest BCUT2D eigenvalue weighted by Crippen LogP contribution is 2.35. The highest BCUT2D eigenvalue weighted by Gasteiger charge is 2.47. The number of nitrogens with zero attached hydrogens (tertiary/aromatic N) is 1. The summed E-state index contributed by atoms with van der Waals surface area (Å²) in [6, 6.07) is 0. The molecule has 0 saturated carbocycles. The quantitative estimate of drug-likeness (QED) is 0.126. The van der Waals surface area contributed by atoms with Crippen LogP contribution in [0.25, 0.3) is 0 Å². The summed E-state index contributed by atoms with van der Waals surface area (Å²) in [4.78, 5) is 25.5. The Kier molecular flexibility index (Phi) is 17.2. The van der Waals surface area contributed by atoms with E-state index in [4.69, 9.17) is 9.47 Å². The Hall–Kier alpha value is -1.27. The van der Waals surface area contributed by atoms with Crippen LogP contribution in [0.2, 0.25) is 0 Å². The maximum atomic E-state index is 12.3. The van der Waals surface area contributed by atoms with E-state index < -0.39 is 5.60 Å². The fourth-order valence-corrected chi connectivity index (χ4v) is 4.95. The van der Waals surface area contributed by atoms with Gasteiger partial charge in [0.25, 0.3) is 0 Å². The zero-order valence-electron chi connectivity index (χ0n) is 23.8. The van der Waals surface area contributed by atoms with Crippen molar-refractivity contribution in [1.29, 1.82) is 0 Å². The van der Waals surface area contributed by atoms with Crippen LogP contribution in [0.1, 0.15) is 112 Å². The van der Waals surface area contributed by atoms with E-state index in [-0.39, 0.29) is 16.6 Å². The van der Waals surface area contributed by atoms with Crippen molar-refractivity contribution in [2.24, 2.45) is 5.41 Å². The minimum atomic E-state index is -0.499. The first-order valence-electron chi connectivity index (χ1n) is 14.2. The summed E-state index contributed by atoms with van der Waals surface area (Å²) in [6.45, 7) is 12.0. The second-order valence-corrected chi connectivity index (χ2v) is 12.4. The van der Waals surface area contributed by atoms with Gasteiger partial charge in [-0.3, -0.25) is 4.79 Å². The molecule has 208 valence electrons. The lowest BCUT2D eigenvalue weighted by molar-refractivity contribution is -0.109. The van der Waals surface area contributed by atoms with Gasteiger partial charge in [0, 0.05) is 37.8 Å². The summed E-state index contributed by atoms with van der Waals surface area (Å²) < 4.78 is 11.5. The van der Waals surface area contributed by atoms with Crippen LogP contribution < -0.4 is 0 Å². The van der Waals surface area contributed by atoms with E-state index in [1.54, 1.807) is 11.8 Å². The molecule has 0 aliphatic carbocycles. The lowest BCUT2D eigenvalue weighted by atomic mass is 9.83. The van der Waals surface area contributed by atoms with Gasteiger partial charge in [-0.15, -0.1) is 0 Å². The minimum Gasteiger partial charge on any atom is -0.444 e. The monoisotopic (exact) mass is 523 g/mol. The molecule has 0 aromatic rings. The number of likely N-dealkylation sites (tertiary alicyclic amines) is 1. The standard InChI is InChI=1S/C30H53NO4S/c1-6-7-8-9-10-11-12-13-14-15-16-17-18-19-20-21-22-34-25-30(26-36-27(2)32)23-31(24-30)28(33)35-29(3,4)5/h10-11,13-14H,6-9,12,15-26H2,1-5H3/b11-10-,14-13-. The summed E-state index contributed by atoms with van der Waals surface area (Å²) in [5, 5.41) is 0.107. The van der Waals surface area contributed by atoms with Crippen molar-refractivity contribution in [2.45, 2.75) is 117 Å². The zero-order chi connectivity index (χ0) is 26.7. The van der Waals surface area contributed by atoms with Gasteiger partial charge in [-0.1, -0.05) is 81.5 Å². The average molecular weight is 524 g/mol. The molecular weight excluding hydrogens is 470 g/mol. The molecule has 36 heavy (non-hydrogen) atoms. The predicted molar refractivity (Wildman–Crippen MR) is 154 cm³/mol. The molecule has 5 nitrogen and oxygen atoms in total. The van der Waals surface area contributed by atoms with Crippen molar-refractivity contribution in [3.05, 3.63) is 24.3 Å². The normalized spacial score (nSPS) is 15.5. The molecule has 1 heterocycles. The molecule has 0 unspecified atom stereocenters. The van der Waals surface area contributed by atoms with Gasteiger partial charge in [0.15, 0.2) is 5.12 Å². The van der Waals surface area contributed by atoms with E-state index in [1.165, 1.54) is 76.0 Å². The molecule has 0 aromatic carbocycles. The largest absolute Gasteiger partial charge is 0.444 e. The predicted octanol–water partition coefficient (Wildman–Crippen LogP) is 8.33. The van der Waals surface area contributed by atoms with Crippen LogP contribution in [0.5, 0.6) is 0 Å². The zero-order valence-corrected chi connectivity index (χ0v) is 24.6. The number of hydrogen-bond acceptors (Lipinski definition) is 5. The van der Waals surface area contributed by atoms with Gasteiger partial charge < -0.3 is 14.4 Å². The maximum Gasteiger partial charge on any atom is 0.410 e. The van der Waals surface area contributed by atoms with E-state index in [0.717, 1.165) is 19.4 Å². The molecule has 0 bridgehead atoms. The number of hydrogen-bond donors (Lipinski definition) is 0. The third kappa shape index (κ3) is 16.5. The molecular formula is C30H53NO4S. The molecule has 6 heteroatoms. The van der Waals surface area contributed by atoms with Crippen molar-refractivity contribution >= 4 is 23.0 Å². The first-order valence-corrected chi connectivity index (χ1v) is 15.1. The topological polar surface area (TPSA) is 55.8 Å². The number of allylic oxidation sites excluding steroid dienone is 4. The number of unbranched alkanes of at least 4 members (excludes halogenated alkanes) is 9. The molecule has 1 aliphatic heterocycles. The first-order chi connectivity index (χ1) is 17.2. The van der Waals surface area contributed by atoms with Crippen LogP contribution in [0.3, 0.4) is 0 Å². The molecule has 0 radical (unpaired) electrons. The highest BCUT2D eigenvalue weighted by atomic mass is 32.2. The Morgan fingerprint density at radius 3 is 2.06 bits per heavy atom. The number of thioether (sulfide) groups is 1. The molecule has 1 saturated heterocycles. The van der Waals surface area contributed by atoms with Gasteiger partial charge >= 0.3 is 6.09 Å². The highest BCUT2D eigenvalue weighted by molar-refractivity contribution is 8.13. The molecule has 1 aliphatic rings. The van der Waals surface area contributed by atoms with E-state index >= 15 is 0 Å². The SMILES string of the molecule is CCCCC/C=C\C/C=C\CCCCCCCCOCC1(CSC(C)=O)CN(C(=O)OC(C)(C)C)C1. The summed E-state index contributed by atoms with van der Waals surface area (Å²) >= 11 is 1.33. The summed E-state index contributed by atoms with van der Waals surface area (Å²) in [5.41, 5.74) is -0.646. The number of ether oxygens (including phenoxy) is 2. The Morgan fingerprint density at radius 1 is 0.889 bits per heavy atom. The van der Waals surface area contributed by atoms with Gasteiger partial charge in [0.05, 0.1) is 6.61 Å². The van der Waals surface area contributed by atoms with Crippen LogP contribution in [0, 0.1) is 5.41 Å². The Bertz CT molecular complexity index is 662. The fraction of sp³-hybridized carbons (Fsp3) is 0.800. The van der Waals surface area contributed by atoms with Gasteiger partial charge in [-0.25, -0.2) is 4.79 Å². The van der Waals surface area contributed by atoms with Crippen molar-refractivity contribution < 1.29 is 19.1 Å². The van der Waals surface area contributed by atoms with E-state index in [9.17, 15) is 9.59 Å². The Balaban J connectivity index is 2.07. The van der Waals surface area contributed by atoms with Gasteiger partial charge in [-0.2, -0.15) is 0 Å².